The molecule has 39 heavy (non-hydrogen) atoms. The van der Waals surface area contributed by atoms with Crippen LogP contribution in [0, 0.1) is 17.6 Å². The molecular weight excluding hydrogens is 584 g/mol. The van der Waals surface area contributed by atoms with Crippen molar-refractivity contribution in [3.63, 3.8) is 0 Å². The molecule has 0 amide bonds. The average Bonchev–Trinajstić information content (AvgIpc) is 3.48. The van der Waals surface area contributed by atoms with Crippen molar-refractivity contribution < 1.29 is 47.3 Å². The number of anilines is 1. The number of fused-ring (bicyclic) bond motifs is 2. The van der Waals surface area contributed by atoms with E-state index in [2.05, 4.69) is 15.4 Å². The van der Waals surface area contributed by atoms with Crippen LogP contribution in [0.5, 0.6) is 0 Å². The summed E-state index contributed by atoms with van der Waals surface area (Å²) in [5, 5.41) is 28.6. The van der Waals surface area contributed by atoms with Crippen LogP contribution in [0.15, 0.2) is 24.3 Å². The van der Waals surface area contributed by atoms with E-state index in [1.165, 1.54) is 10.6 Å². The summed E-state index contributed by atoms with van der Waals surface area (Å²) in [6.07, 6.45) is -1.49. The summed E-state index contributed by atoms with van der Waals surface area (Å²) >= 11 is 6.19. The Hall–Kier alpha value is -1.99. The molecule has 0 spiro atoms. The van der Waals surface area contributed by atoms with Crippen LogP contribution < -0.4 is 5.32 Å². The molecular formula is C22H25ClF2N4O8P2. The molecule has 1 saturated carbocycles. The molecule has 2 aliphatic rings. The van der Waals surface area contributed by atoms with Gasteiger partial charge in [0, 0.05) is 17.5 Å². The molecule has 5 rings (SSSR count). The predicted octanol–water partition coefficient (Wildman–Crippen LogP) is 2.92. The van der Waals surface area contributed by atoms with E-state index in [1.807, 2.05) is 0 Å². The molecule has 2 heterocycles. The van der Waals surface area contributed by atoms with E-state index in [0.29, 0.717) is 41.0 Å². The number of nitrogens with one attached hydrogen (secondary N) is 1. The third-order valence-corrected chi connectivity index (χ3v) is 10.7. The Morgan fingerprint density at radius 1 is 1.13 bits per heavy atom. The highest BCUT2D eigenvalue weighted by Gasteiger charge is 2.45. The van der Waals surface area contributed by atoms with Gasteiger partial charge in [-0.05, 0) is 66.3 Å². The van der Waals surface area contributed by atoms with Crippen molar-refractivity contribution in [3.8, 4) is 0 Å². The Morgan fingerprint density at radius 2 is 1.85 bits per heavy atom. The lowest BCUT2D eigenvalue weighted by Gasteiger charge is -2.19. The SMILES string of the molecule is O=P(O)(O)CP(=O)(O)OC[C@H]1C[C@@H](c2ccc3c(N[C@@H]4CCc5cc(F)c(F)cc54)nc(Cl)nn23)[C@H](O)[C@@H]1O. The second kappa shape index (κ2) is 10.4. The largest absolute Gasteiger partial charge is 0.390 e. The highest BCUT2D eigenvalue weighted by molar-refractivity contribution is 7.70. The van der Waals surface area contributed by atoms with Gasteiger partial charge in [-0.1, -0.05) is 0 Å². The average molecular weight is 609 g/mol. The van der Waals surface area contributed by atoms with Gasteiger partial charge in [-0.15, -0.1) is 5.10 Å². The number of aromatic nitrogens is 3. The van der Waals surface area contributed by atoms with Gasteiger partial charge in [0.15, 0.2) is 23.4 Å². The van der Waals surface area contributed by atoms with Crippen molar-refractivity contribution >= 4 is 38.1 Å². The molecule has 1 unspecified atom stereocenters. The van der Waals surface area contributed by atoms with Gasteiger partial charge in [0.1, 0.15) is 5.52 Å². The molecule has 2 aliphatic carbocycles. The maximum absolute atomic E-state index is 13.9. The number of aliphatic hydroxyl groups excluding tert-OH is 2. The predicted molar refractivity (Wildman–Crippen MR) is 135 cm³/mol. The number of nitrogens with zero attached hydrogens (tertiary/aromatic N) is 3. The number of hydrogen-bond acceptors (Lipinski definition) is 8. The summed E-state index contributed by atoms with van der Waals surface area (Å²) in [4.78, 5) is 31.9. The van der Waals surface area contributed by atoms with E-state index in [0.717, 1.165) is 6.07 Å². The van der Waals surface area contributed by atoms with Gasteiger partial charge in [0.25, 0.3) is 0 Å². The van der Waals surface area contributed by atoms with Gasteiger partial charge < -0.3 is 34.7 Å². The summed E-state index contributed by atoms with van der Waals surface area (Å²) in [7, 11) is -9.46. The summed E-state index contributed by atoms with van der Waals surface area (Å²) < 4.78 is 56.9. The molecule has 0 bridgehead atoms. The van der Waals surface area contributed by atoms with E-state index >= 15 is 0 Å². The minimum absolute atomic E-state index is 0.0928. The number of benzene rings is 1. The molecule has 1 fully saturated rings. The lowest BCUT2D eigenvalue weighted by Crippen LogP contribution is -2.29. The van der Waals surface area contributed by atoms with Gasteiger partial charge >= 0.3 is 15.2 Å². The second-order valence-electron chi connectivity index (χ2n) is 9.81. The fourth-order valence-electron chi connectivity index (χ4n) is 5.36. The van der Waals surface area contributed by atoms with Crippen molar-refractivity contribution in [2.45, 2.75) is 43.4 Å². The van der Waals surface area contributed by atoms with Crippen molar-refractivity contribution in [2.75, 3.05) is 17.8 Å². The van der Waals surface area contributed by atoms with E-state index in [1.54, 1.807) is 12.1 Å². The topological polar surface area (TPSA) is 187 Å². The smallest absolute Gasteiger partial charge is 0.340 e. The Balaban J connectivity index is 1.37. The normalized spacial score (nSPS) is 26.6. The highest BCUT2D eigenvalue weighted by atomic mass is 35.5. The van der Waals surface area contributed by atoms with Crippen LogP contribution in [-0.2, 0) is 20.1 Å². The van der Waals surface area contributed by atoms with E-state index in [9.17, 15) is 33.0 Å². The molecule has 2 aromatic heterocycles. The first-order valence-corrected chi connectivity index (χ1v) is 15.8. The van der Waals surface area contributed by atoms with Crippen LogP contribution in [0.4, 0.5) is 14.6 Å². The number of aryl methyl sites for hydroxylation is 1. The summed E-state index contributed by atoms with van der Waals surface area (Å²) in [5.74, 6) is -4.45. The van der Waals surface area contributed by atoms with Crippen molar-refractivity contribution in [1.82, 2.24) is 14.6 Å². The third-order valence-electron chi connectivity index (χ3n) is 7.12. The van der Waals surface area contributed by atoms with Crippen molar-refractivity contribution in [1.29, 1.82) is 0 Å². The van der Waals surface area contributed by atoms with Crippen LogP contribution >= 0.6 is 26.8 Å². The first-order valence-electron chi connectivity index (χ1n) is 11.9. The van der Waals surface area contributed by atoms with Gasteiger partial charge in [-0.3, -0.25) is 9.13 Å². The molecule has 3 aromatic rings. The number of rotatable bonds is 8. The Kier molecular flexibility index (Phi) is 7.64. The summed E-state index contributed by atoms with van der Waals surface area (Å²) in [6.45, 7) is -0.521. The van der Waals surface area contributed by atoms with Crippen LogP contribution in [-0.4, -0.2) is 64.2 Å². The van der Waals surface area contributed by atoms with Crippen LogP contribution in [0.1, 0.15) is 41.6 Å². The lowest BCUT2D eigenvalue weighted by molar-refractivity contribution is 0.00366. The number of hydrogen-bond donors (Lipinski definition) is 6. The Bertz CT molecular complexity index is 1520. The summed E-state index contributed by atoms with van der Waals surface area (Å²) in [6, 6.07) is 5.28. The minimum Gasteiger partial charge on any atom is -0.390 e. The van der Waals surface area contributed by atoms with Gasteiger partial charge in [-0.2, -0.15) is 4.98 Å². The van der Waals surface area contributed by atoms with E-state index in [4.69, 9.17) is 25.9 Å². The molecule has 0 saturated heterocycles. The molecule has 212 valence electrons. The lowest BCUT2D eigenvalue weighted by atomic mass is 10.0. The zero-order chi connectivity index (χ0) is 28.3. The summed E-state index contributed by atoms with van der Waals surface area (Å²) in [5.41, 5.74) is 2.20. The quantitative estimate of drug-likeness (QED) is 0.206. The fraction of sp³-hybridized carbons (Fsp3) is 0.455. The van der Waals surface area contributed by atoms with Gasteiger partial charge in [0.2, 0.25) is 5.28 Å². The minimum atomic E-state index is -4.82. The van der Waals surface area contributed by atoms with Gasteiger partial charge in [-0.25, -0.2) is 13.3 Å². The first kappa shape index (κ1) is 28.5. The molecule has 0 radical (unpaired) electrons. The first-order chi connectivity index (χ1) is 18.2. The van der Waals surface area contributed by atoms with Gasteiger partial charge in [0.05, 0.1) is 24.9 Å². The Morgan fingerprint density at radius 3 is 2.56 bits per heavy atom. The van der Waals surface area contributed by atoms with Crippen molar-refractivity contribution in [2.24, 2.45) is 5.92 Å². The van der Waals surface area contributed by atoms with Crippen LogP contribution in [0.3, 0.4) is 0 Å². The molecule has 6 N–H and O–H groups in total. The van der Waals surface area contributed by atoms with E-state index < -0.39 is 63.4 Å². The molecule has 1 aromatic carbocycles. The van der Waals surface area contributed by atoms with Crippen molar-refractivity contribution in [3.05, 3.63) is 58.0 Å². The number of halogens is 3. The molecule has 6 atom stereocenters. The highest BCUT2D eigenvalue weighted by Crippen LogP contribution is 2.56. The maximum Gasteiger partial charge on any atom is 0.340 e. The monoisotopic (exact) mass is 608 g/mol. The maximum atomic E-state index is 13.9. The van der Waals surface area contributed by atoms with Crippen LogP contribution in [0.25, 0.3) is 5.52 Å². The van der Waals surface area contributed by atoms with Crippen LogP contribution in [0.2, 0.25) is 5.28 Å². The number of aliphatic hydroxyl groups is 2. The molecule has 0 aliphatic heterocycles. The third kappa shape index (κ3) is 5.90. The fourth-order valence-corrected chi connectivity index (χ4v) is 8.13. The zero-order valence-electron chi connectivity index (χ0n) is 20.1. The zero-order valence-corrected chi connectivity index (χ0v) is 22.6. The Labute approximate surface area is 225 Å². The van der Waals surface area contributed by atoms with E-state index in [-0.39, 0.29) is 17.7 Å². The molecule has 12 nitrogen and oxygen atoms in total. The second-order valence-corrected chi connectivity index (χ2v) is 14.1. The standard InChI is InChI=1S/C22H25ClF2N4O8P2/c23-22-27-21(26-16-2-1-10-6-14(24)15(25)7-12(10)16)18-4-3-17(29(18)28-22)13-5-11(19(30)20(13)31)8-37-39(35,36)9-38(32,33)34/h3-4,6-7,11,13,16,19-20,30-31H,1-2,5,8-9H2,(H,35,36)(H,26,27,28)(H2,32,33,34)/t11-,13+,16-,19-,20+/m1/s1. The molecule has 17 heteroatoms.